The molecule has 1 atom stereocenters. The zero-order valence-electron chi connectivity index (χ0n) is 9.98. The molecule has 2 aromatic rings. The number of halogens is 1. The first kappa shape index (κ1) is 11.9. The van der Waals surface area contributed by atoms with Gasteiger partial charge in [-0.2, -0.15) is 0 Å². The molecule has 3 rings (SSSR count). The third kappa shape index (κ3) is 2.08. The van der Waals surface area contributed by atoms with Gasteiger partial charge >= 0.3 is 0 Å². The summed E-state index contributed by atoms with van der Waals surface area (Å²) < 4.78 is 10.7. The van der Waals surface area contributed by atoms with Crippen LogP contribution in [0, 0.1) is 0 Å². The second-order valence-corrected chi connectivity index (χ2v) is 5.60. The van der Waals surface area contributed by atoms with Crippen LogP contribution >= 0.6 is 22.9 Å². The second-order valence-electron chi connectivity index (χ2n) is 4.22. The molecule has 2 nitrogen and oxygen atoms in total. The molecule has 94 valence electrons. The molecule has 18 heavy (non-hydrogen) atoms. The molecule has 1 aromatic heterocycles. The summed E-state index contributed by atoms with van der Waals surface area (Å²) in [5.41, 5.74) is 2.37. The SMILES string of the molecule is COc1csc(C(Cl)c2ccc3c(c2)CCO3)c1. The van der Waals surface area contributed by atoms with E-state index < -0.39 is 0 Å². The van der Waals surface area contributed by atoms with E-state index in [0.717, 1.165) is 35.0 Å². The number of hydrogen-bond donors (Lipinski definition) is 0. The summed E-state index contributed by atoms with van der Waals surface area (Å²) in [6.07, 6.45) is 0.973. The smallest absolute Gasteiger partial charge is 0.129 e. The highest BCUT2D eigenvalue weighted by molar-refractivity contribution is 7.10. The van der Waals surface area contributed by atoms with Crippen molar-refractivity contribution in [1.82, 2.24) is 0 Å². The zero-order chi connectivity index (χ0) is 12.5. The molecule has 0 spiro atoms. The highest BCUT2D eigenvalue weighted by atomic mass is 35.5. The number of ether oxygens (including phenoxy) is 2. The predicted molar refractivity (Wildman–Crippen MR) is 74.2 cm³/mol. The fourth-order valence-electron chi connectivity index (χ4n) is 2.10. The fourth-order valence-corrected chi connectivity index (χ4v) is 3.31. The molecule has 4 heteroatoms. The van der Waals surface area contributed by atoms with Gasteiger partial charge in [0.15, 0.2) is 0 Å². The van der Waals surface area contributed by atoms with Gasteiger partial charge < -0.3 is 9.47 Å². The van der Waals surface area contributed by atoms with Crippen LogP contribution in [-0.4, -0.2) is 13.7 Å². The van der Waals surface area contributed by atoms with Crippen LogP contribution < -0.4 is 9.47 Å². The van der Waals surface area contributed by atoms with Gasteiger partial charge in [-0.3, -0.25) is 0 Å². The van der Waals surface area contributed by atoms with E-state index >= 15 is 0 Å². The van der Waals surface area contributed by atoms with Crippen molar-refractivity contribution in [3.8, 4) is 11.5 Å². The molecule has 0 fully saturated rings. The number of rotatable bonds is 3. The lowest BCUT2D eigenvalue weighted by molar-refractivity contribution is 0.357. The highest BCUT2D eigenvalue weighted by Gasteiger charge is 2.18. The van der Waals surface area contributed by atoms with Crippen LogP contribution in [0.4, 0.5) is 0 Å². The number of benzene rings is 1. The normalized spacial score (nSPS) is 15.0. The van der Waals surface area contributed by atoms with Crippen molar-refractivity contribution in [2.24, 2.45) is 0 Å². The summed E-state index contributed by atoms with van der Waals surface area (Å²) in [6, 6.07) is 8.18. The topological polar surface area (TPSA) is 18.5 Å². The molecule has 2 heterocycles. The van der Waals surface area contributed by atoms with Gasteiger partial charge in [-0.05, 0) is 23.3 Å². The Bertz CT molecular complexity index is 565. The van der Waals surface area contributed by atoms with E-state index in [1.54, 1.807) is 18.4 Å². The van der Waals surface area contributed by atoms with Crippen molar-refractivity contribution in [1.29, 1.82) is 0 Å². The standard InChI is InChI=1S/C14H13ClO2S/c1-16-11-7-13(18-8-11)14(15)10-2-3-12-9(6-10)4-5-17-12/h2-3,6-8,14H,4-5H2,1H3. The molecule has 0 radical (unpaired) electrons. The van der Waals surface area contributed by atoms with Gasteiger partial charge in [0, 0.05) is 16.7 Å². The Balaban J connectivity index is 1.89. The number of methoxy groups -OCH3 is 1. The number of hydrogen-bond acceptors (Lipinski definition) is 3. The average molecular weight is 281 g/mol. The van der Waals surface area contributed by atoms with E-state index in [1.807, 2.05) is 23.6 Å². The summed E-state index contributed by atoms with van der Waals surface area (Å²) in [6.45, 7) is 0.776. The maximum absolute atomic E-state index is 6.52. The second kappa shape index (κ2) is 4.82. The van der Waals surface area contributed by atoms with Crippen molar-refractivity contribution >= 4 is 22.9 Å². The first-order valence-corrected chi connectivity index (χ1v) is 7.11. The van der Waals surface area contributed by atoms with E-state index in [1.165, 1.54) is 5.56 Å². The molecular weight excluding hydrogens is 268 g/mol. The molecule has 0 saturated carbocycles. The molecule has 0 bridgehead atoms. The first-order chi connectivity index (χ1) is 8.78. The van der Waals surface area contributed by atoms with Crippen LogP contribution in [0.3, 0.4) is 0 Å². The van der Waals surface area contributed by atoms with Crippen LogP contribution in [0.15, 0.2) is 29.6 Å². The van der Waals surface area contributed by atoms with Crippen LogP contribution in [0.5, 0.6) is 11.5 Å². The van der Waals surface area contributed by atoms with Gasteiger partial charge in [0.05, 0.1) is 19.1 Å². The molecule has 1 unspecified atom stereocenters. The quantitative estimate of drug-likeness (QED) is 0.791. The van der Waals surface area contributed by atoms with Crippen LogP contribution in [0.25, 0.3) is 0 Å². The van der Waals surface area contributed by atoms with Crippen molar-refractivity contribution in [3.05, 3.63) is 45.6 Å². The zero-order valence-corrected chi connectivity index (χ0v) is 11.6. The number of alkyl halides is 1. The Morgan fingerprint density at radius 1 is 1.39 bits per heavy atom. The molecule has 1 aliphatic heterocycles. The first-order valence-electron chi connectivity index (χ1n) is 5.80. The number of thiophene rings is 1. The van der Waals surface area contributed by atoms with E-state index in [4.69, 9.17) is 21.1 Å². The van der Waals surface area contributed by atoms with Crippen LogP contribution in [-0.2, 0) is 6.42 Å². The summed E-state index contributed by atoms with van der Waals surface area (Å²) in [4.78, 5) is 1.10. The summed E-state index contributed by atoms with van der Waals surface area (Å²) in [5, 5.41) is 1.85. The lowest BCUT2D eigenvalue weighted by Gasteiger charge is -2.09. The van der Waals surface area contributed by atoms with Gasteiger partial charge in [-0.1, -0.05) is 12.1 Å². The summed E-state index contributed by atoms with van der Waals surface area (Å²) >= 11 is 8.14. The molecule has 0 aliphatic carbocycles. The predicted octanol–water partition coefficient (Wildman–Crippen LogP) is 4.02. The molecule has 0 N–H and O–H groups in total. The van der Waals surface area contributed by atoms with Crippen molar-refractivity contribution in [3.63, 3.8) is 0 Å². The Kier molecular flexibility index (Phi) is 3.18. The Labute approximate surface area is 115 Å². The largest absolute Gasteiger partial charge is 0.496 e. The highest BCUT2D eigenvalue weighted by Crippen LogP contribution is 2.37. The van der Waals surface area contributed by atoms with Crippen molar-refractivity contribution in [2.75, 3.05) is 13.7 Å². The Morgan fingerprint density at radius 2 is 2.28 bits per heavy atom. The monoisotopic (exact) mass is 280 g/mol. The minimum absolute atomic E-state index is 0.121. The summed E-state index contributed by atoms with van der Waals surface area (Å²) in [5.74, 6) is 1.86. The molecule has 1 aromatic carbocycles. The maximum atomic E-state index is 6.52. The Morgan fingerprint density at radius 3 is 3.06 bits per heavy atom. The van der Waals surface area contributed by atoms with Crippen LogP contribution in [0.1, 0.15) is 21.4 Å². The van der Waals surface area contributed by atoms with Gasteiger partial charge in [-0.15, -0.1) is 22.9 Å². The van der Waals surface area contributed by atoms with E-state index in [-0.39, 0.29) is 5.38 Å². The minimum Gasteiger partial charge on any atom is -0.496 e. The van der Waals surface area contributed by atoms with E-state index in [2.05, 4.69) is 6.07 Å². The molecular formula is C14H13ClO2S. The maximum Gasteiger partial charge on any atom is 0.129 e. The Hall–Kier alpha value is -1.19. The van der Waals surface area contributed by atoms with Gasteiger partial charge in [0.25, 0.3) is 0 Å². The molecule has 0 amide bonds. The average Bonchev–Trinajstić information content (AvgIpc) is 3.05. The van der Waals surface area contributed by atoms with Gasteiger partial charge in [0.2, 0.25) is 0 Å². The van der Waals surface area contributed by atoms with Crippen LogP contribution in [0.2, 0.25) is 0 Å². The van der Waals surface area contributed by atoms with Gasteiger partial charge in [-0.25, -0.2) is 0 Å². The van der Waals surface area contributed by atoms with Crippen molar-refractivity contribution < 1.29 is 9.47 Å². The van der Waals surface area contributed by atoms with Crippen molar-refractivity contribution in [2.45, 2.75) is 11.8 Å². The van der Waals surface area contributed by atoms with Gasteiger partial charge in [0.1, 0.15) is 11.5 Å². The summed E-state index contributed by atoms with van der Waals surface area (Å²) in [7, 11) is 1.67. The molecule has 0 saturated heterocycles. The number of fused-ring (bicyclic) bond motifs is 1. The lowest BCUT2D eigenvalue weighted by atomic mass is 10.1. The minimum atomic E-state index is -0.121. The third-order valence-electron chi connectivity index (χ3n) is 3.09. The fraction of sp³-hybridized carbons (Fsp3) is 0.286. The third-order valence-corrected chi connectivity index (χ3v) is 4.68. The molecule has 1 aliphatic rings. The van der Waals surface area contributed by atoms with E-state index in [9.17, 15) is 0 Å². The van der Waals surface area contributed by atoms with E-state index in [0.29, 0.717) is 0 Å². The lowest BCUT2D eigenvalue weighted by Crippen LogP contribution is -1.91.